The Balaban J connectivity index is 2.65. The Hall–Kier alpha value is -2.22. The Labute approximate surface area is 101 Å². The van der Waals surface area contributed by atoms with E-state index in [1.807, 2.05) is 5.32 Å². The largest absolute Gasteiger partial charge is 0.479 e. The summed E-state index contributed by atoms with van der Waals surface area (Å²) in [5.41, 5.74) is 1.19. The van der Waals surface area contributed by atoms with Gasteiger partial charge in [-0.25, -0.2) is 23.9 Å². The summed E-state index contributed by atoms with van der Waals surface area (Å²) in [6.07, 6.45) is 0. The molecule has 0 heterocycles. The number of hydrogen-bond acceptors (Lipinski definition) is 3. The lowest BCUT2D eigenvalue weighted by atomic mass is 10.2. The molecule has 0 saturated carbocycles. The maximum absolute atomic E-state index is 13.5. The van der Waals surface area contributed by atoms with Crippen molar-refractivity contribution in [3.8, 4) is 0 Å². The van der Waals surface area contributed by atoms with Crippen molar-refractivity contribution in [3.63, 3.8) is 0 Å². The minimum Gasteiger partial charge on any atom is -0.479 e. The Bertz CT molecular complexity index is 479. The smallest absolute Gasteiger partial charge is 0.343 e. The second-order valence-corrected chi connectivity index (χ2v) is 3.29. The third kappa shape index (κ3) is 3.67. The molecule has 8 heteroatoms. The summed E-state index contributed by atoms with van der Waals surface area (Å²) < 4.78 is 26.7. The minimum absolute atomic E-state index is 0.151. The first kappa shape index (κ1) is 13.8. The molecule has 1 aromatic carbocycles. The van der Waals surface area contributed by atoms with Crippen molar-refractivity contribution in [2.45, 2.75) is 6.92 Å². The number of hydrogen-bond donors (Lipinski definition) is 3. The van der Waals surface area contributed by atoms with Gasteiger partial charge in [0.1, 0.15) is 11.5 Å². The monoisotopic (exact) mass is 260 g/mol. The highest BCUT2D eigenvalue weighted by Crippen LogP contribution is 2.21. The van der Waals surface area contributed by atoms with Crippen LogP contribution in [0.2, 0.25) is 0 Å². The van der Waals surface area contributed by atoms with Gasteiger partial charge in [0.15, 0.2) is 12.4 Å². The van der Waals surface area contributed by atoms with Crippen molar-refractivity contribution in [2.24, 2.45) is 0 Å². The molecule has 6 nitrogen and oxygen atoms in total. The Morgan fingerprint density at radius 1 is 1.39 bits per heavy atom. The molecule has 1 rings (SSSR count). The molecular weight excluding hydrogens is 250 g/mol. The van der Waals surface area contributed by atoms with Gasteiger partial charge >= 0.3 is 12.0 Å². The van der Waals surface area contributed by atoms with Crippen molar-refractivity contribution >= 4 is 17.7 Å². The average molecular weight is 260 g/mol. The molecule has 0 radical (unpaired) electrons. The number of carboxylic acids is 1. The second kappa shape index (κ2) is 5.92. The molecule has 0 aliphatic carbocycles. The van der Waals surface area contributed by atoms with E-state index in [0.29, 0.717) is 0 Å². The van der Waals surface area contributed by atoms with E-state index in [0.717, 1.165) is 6.07 Å². The summed E-state index contributed by atoms with van der Waals surface area (Å²) in [6, 6.07) is 1.13. The number of aryl methyl sites for hydroxylation is 1. The van der Waals surface area contributed by atoms with E-state index in [-0.39, 0.29) is 5.56 Å². The van der Waals surface area contributed by atoms with Gasteiger partial charge in [0.2, 0.25) is 0 Å². The van der Waals surface area contributed by atoms with Gasteiger partial charge in [0.25, 0.3) is 0 Å². The lowest BCUT2D eigenvalue weighted by Crippen LogP contribution is -2.31. The molecule has 0 unspecified atom stereocenters. The lowest BCUT2D eigenvalue weighted by molar-refractivity contribution is -0.143. The number of carboxylic acid groups (broad SMARTS) is 1. The maximum Gasteiger partial charge on any atom is 0.343 e. The number of carbonyl (C=O) groups excluding carboxylic acids is 1. The fraction of sp³-hybridized carbons (Fsp3) is 0.200. The molecule has 1 aromatic rings. The first-order valence-corrected chi connectivity index (χ1v) is 4.77. The molecular formula is C10H10F2N2O4. The summed E-state index contributed by atoms with van der Waals surface area (Å²) in [5.74, 6) is -3.17. The van der Waals surface area contributed by atoms with Gasteiger partial charge in [-0.3, -0.25) is 4.84 Å². The topological polar surface area (TPSA) is 87.7 Å². The van der Waals surface area contributed by atoms with Crippen LogP contribution >= 0.6 is 0 Å². The number of carbonyl (C=O) groups is 2. The number of aliphatic carboxylic acids is 1. The number of rotatable bonds is 4. The van der Waals surface area contributed by atoms with Gasteiger partial charge in [-0.15, -0.1) is 0 Å². The van der Waals surface area contributed by atoms with E-state index in [9.17, 15) is 18.4 Å². The highest BCUT2D eigenvalue weighted by atomic mass is 19.1. The average Bonchev–Trinajstić information content (AvgIpc) is 2.29. The number of amides is 2. The number of benzene rings is 1. The van der Waals surface area contributed by atoms with E-state index < -0.39 is 35.9 Å². The zero-order valence-electron chi connectivity index (χ0n) is 9.29. The summed E-state index contributed by atoms with van der Waals surface area (Å²) >= 11 is 0. The van der Waals surface area contributed by atoms with Gasteiger partial charge in [0, 0.05) is 0 Å². The number of halogens is 2. The molecule has 0 aromatic heterocycles. The third-order valence-corrected chi connectivity index (χ3v) is 1.88. The van der Waals surface area contributed by atoms with Crippen molar-refractivity contribution in [1.82, 2.24) is 5.48 Å². The second-order valence-electron chi connectivity index (χ2n) is 3.29. The quantitative estimate of drug-likeness (QED) is 0.714. The zero-order chi connectivity index (χ0) is 13.7. The molecule has 2 amide bonds. The lowest BCUT2D eigenvalue weighted by Gasteiger charge is -2.09. The van der Waals surface area contributed by atoms with Crippen LogP contribution in [0.25, 0.3) is 0 Å². The van der Waals surface area contributed by atoms with Crippen molar-refractivity contribution in [2.75, 3.05) is 11.9 Å². The van der Waals surface area contributed by atoms with Crippen LogP contribution in [0.5, 0.6) is 0 Å². The SMILES string of the molecule is Cc1ccc(F)c(NC(=O)NOCC(=O)O)c1F. The highest BCUT2D eigenvalue weighted by molar-refractivity contribution is 5.89. The van der Waals surface area contributed by atoms with E-state index >= 15 is 0 Å². The van der Waals surface area contributed by atoms with E-state index in [2.05, 4.69) is 4.84 Å². The summed E-state index contributed by atoms with van der Waals surface area (Å²) in [4.78, 5) is 25.4. The number of nitrogens with one attached hydrogen (secondary N) is 2. The van der Waals surface area contributed by atoms with E-state index in [1.165, 1.54) is 13.0 Å². The van der Waals surface area contributed by atoms with Crippen LogP contribution in [0.4, 0.5) is 19.3 Å². The minimum atomic E-state index is -1.30. The van der Waals surface area contributed by atoms with Crippen molar-refractivity contribution in [1.29, 1.82) is 0 Å². The molecule has 0 aliphatic rings. The molecule has 0 spiro atoms. The predicted octanol–water partition coefficient (Wildman–Crippen LogP) is 1.41. The molecule has 0 atom stereocenters. The molecule has 18 heavy (non-hydrogen) atoms. The van der Waals surface area contributed by atoms with Gasteiger partial charge in [-0.1, -0.05) is 6.07 Å². The molecule has 0 aliphatic heterocycles. The number of urea groups is 1. The normalized spacial score (nSPS) is 9.94. The first-order chi connectivity index (χ1) is 8.41. The van der Waals surface area contributed by atoms with Crippen molar-refractivity contribution in [3.05, 3.63) is 29.3 Å². The van der Waals surface area contributed by atoms with Crippen LogP contribution in [0, 0.1) is 18.6 Å². The van der Waals surface area contributed by atoms with Gasteiger partial charge in [0.05, 0.1) is 0 Å². The summed E-state index contributed by atoms with van der Waals surface area (Å²) in [6.45, 7) is 0.630. The fourth-order valence-corrected chi connectivity index (χ4v) is 1.07. The zero-order valence-corrected chi connectivity index (χ0v) is 9.29. The molecule has 0 bridgehead atoms. The number of anilines is 1. The maximum atomic E-state index is 13.5. The first-order valence-electron chi connectivity index (χ1n) is 4.77. The summed E-state index contributed by atoms with van der Waals surface area (Å²) in [5, 5.41) is 10.1. The van der Waals surface area contributed by atoms with Gasteiger partial charge < -0.3 is 10.4 Å². The molecule has 0 fully saturated rings. The third-order valence-electron chi connectivity index (χ3n) is 1.88. The molecule has 3 N–H and O–H groups in total. The Morgan fingerprint density at radius 2 is 2.06 bits per heavy atom. The van der Waals surface area contributed by atoms with Crippen LogP contribution < -0.4 is 10.8 Å². The van der Waals surface area contributed by atoms with Crippen LogP contribution in [0.1, 0.15) is 5.56 Å². The van der Waals surface area contributed by atoms with Crippen LogP contribution in [0.15, 0.2) is 12.1 Å². The van der Waals surface area contributed by atoms with Crippen LogP contribution in [-0.4, -0.2) is 23.7 Å². The summed E-state index contributed by atoms with van der Waals surface area (Å²) in [7, 11) is 0. The van der Waals surface area contributed by atoms with Gasteiger partial charge in [-0.05, 0) is 18.6 Å². The molecule has 0 saturated heterocycles. The highest BCUT2D eigenvalue weighted by Gasteiger charge is 2.14. The van der Waals surface area contributed by atoms with Crippen LogP contribution in [-0.2, 0) is 9.63 Å². The number of hydroxylamine groups is 1. The van der Waals surface area contributed by atoms with Crippen molar-refractivity contribution < 1.29 is 28.3 Å². The predicted molar refractivity (Wildman–Crippen MR) is 56.8 cm³/mol. The van der Waals surface area contributed by atoms with E-state index in [4.69, 9.17) is 5.11 Å². The standard InChI is InChI=1S/C10H10F2N2O4/c1-5-2-3-6(11)9(8(5)12)13-10(17)14-18-4-7(15)16/h2-3H,4H2,1H3,(H,15,16)(H2,13,14,17). The van der Waals surface area contributed by atoms with Gasteiger partial charge in [-0.2, -0.15) is 0 Å². The van der Waals surface area contributed by atoms with E-state index in [1.54, 1.807) is 5.48 Å². The van der Waals surface area contributed by atoms with Crippen LogP contribution in [0.3, 0.4) is 0 Å². The molecule has 98 valence electrons. The fourth-order valence-electron chi connectivity index (χ4n) is 1.07. The Kier molecular flexibility index (Phi) is 4.55. The Morgan fingerprint density at radius 3 is 2.67 bits per heavy atom.